The van der Waals surface area contributed by atoms with Crippen molar-refractivity contribution >= 4 is 11.6 Å². The van der Waals surface area contributed by atoms with Gasteiger partial charge in [0.2, 0.25) is 5.91 Å². The summed E-state index contributed by atoms with van der Waals surface area (Å²) < 4.78 is 18.7. The number of methoxy groups -OCH3 is 1. The molecule has 0 aliphatic carbocycles. The number of fused-ring (bicyclic) bond motifs is 3. The van der Waals surface area contributed by atoms with E-state index in [0.717, 1.165) is 43.2 Å². The summed E-state index contributed by atoms with van der Waals surface area (Å²) in [7, 11) is 1.67. The van der Waals surface area contributed by atoms with Crippen molar-refractivity contribution in [1.29, 1.82) is 0 Å². The first-order chi connectivity index (χ1) is 14.6. The Morgan fingerprint density at radius 1 is 1.27 bits per heavy atom. The summed E-state index contributed by atoms with van der Waals surface area (Å²) in [4.78, 5) is 17.7. The molecule has 6 heteroatoms. The number of hydrogen-bond acceptors (Lipinski definition) is 4. The molecule has 0 spiro atoms. The fourth-order valence-electron chi connectivity index (χ4n) is 4.56. The number of carbonyl (C=O) groups is 1. The SMILES string of the molecule is C=CCNC(=O)[C@@H]1Cc2ccc(OC)cc2N2CCN(Cc3ccc(F)cc3)C[C@H]12. The molecule has 2 aromatic rings. The highest BCUT2D eigenvalue weighted by Gasteiger charge is 2.41. The summed E-state index contributed by atoms with van der Waals surface area (Å²) in [5, 5.41) is 2.99. The van der Waals surface area contributed by atoms with Gasteiger partial charge in [-0.2, -0.15) is 0 Å². The van der Waals surface area contributed by atoms with Crippen LogP contribution in [0.3, 0.4) is 0 Å². The van der Waals surface area contributed by atoms with E-state index in [4.69, 9.17) is 4.74 Å². The molecule has 4 rings (SSSR count). The summed E-state index contributed by atoms with van der Waals surface area (Å²) in [5.41, 5.74) is 3.42. The van der Waals surface area contributed by atoms with Crippen molar-refractivity contribution in [2.75, 3.05) is 38.2 Å². The molecule has 0 unspecified atom stereocenters. The third-order valence-electron chi connectivity index (χ3n) is 6.09. The maximum Gasteiger partial charge on any atom is 0.225 e. The van der Waals surface area contributed by atoms with E-state index in [1.807, 2.05) is 18.2 Å². The van der Waals surface area contributed by atoms with Gasteiger partial charge in [0.05, 0.1) is 19.1 Å². The van der Waals surface area contributed by atoms with Crippen LogP contribution in [0, 0.1) is 11.7 Å². The molecule has 2 aliphatic heterocycles. The van der Waals surface area contributed by atoms with Gasteiger partial charge in [-0.1, -0.05) is 24.3 Å². The summed E-state index contributed by atoms with van der Waals surface area (Å²) >= 11 is 0. The van der Waals surface area contributed by atoms with E-state index in [9.17, 15) is 9.18 Å². The molecule has 0 saturated carbocycles. The number of nitrogens with one attached hydrogen (secondary N) is 1. The Morgan fingerprint density at radius 2 is 2.07 bits per heavy atom. The van der Waals surface area contributed by atoms with Gasteiger partial charge < -0.3 is 15.0 Å². The van der Waals surface area contributed by atoms with Gasteiger partial charge >= 0.3 is 0 Å². The standard InChI is InChI=1S/C24H28FN3O2/c1-3-10-26-24(29)21-13-18-6-9-20(30-2)14-22(18)28-12-11-27(16-23(21)28)15-17-4-7-19(25)8-5-17/h3-9,14,21,23H,1,10-13,15-16H2,2H3,(H,26,29)/t21-,23-/m1/s1. The van der Waals surface area contributed by atoms with Gasteiger partial charge in [0.1, 0.15) is 11.6 Å². The van der Waals surface area contributed by atoms with Crippen molar-refractivity contribution in [2.24, 2.45) is 5.92 Å². The second kappa shape index (κ2) is 8.88. The van der Waals surface area contributed by atoms with Crippen LogP contribution in [0.5, 0.6) is 5.75 Å². The number of amides is 1. The lowest BCUT2D eigenvalue weighted by atomic mass is 9.83. The Morgan fingerprint density at radius 3 is 2.80 bits per heavy atom. The number of piperazine rings is 1. The topological polar surface area (TPSA) is 44.8 Å². The molecule has 1 saturated heterocycles. The number of hydrogen-bond donors (Lipinski definition) is 1. The minimum atomic E-state index is -0.222. The highest BCUT2D eigenvalue weighted by molar-refractivity contribution is 5.82. The number of benzene rings is 2. The molecule has 1 fully saturated rings. The van der Waals surface area contributed by atoms with Crippen LogP contribution in [0.25, 0.3) is 0 Å². The summed E-state index contributed by atoms with van der Waals surface area (Å²) in [5.74, 6) is 0.535. The molecular formula is C24H28FN3O2. The molecule has 2 atom stereocenters. The number of halogens is 1. The van der Waals surface area contributed by atoms with Crippen molar-refractivity contribution in [3.05, 3.63) is 72.1 Å². The van der Waals surface area contributed by atoms with Crippen molar-refractivity contribution in [2.45, 2.75) is 19.0 Å². The predicted molar refractivity (Wildman–Crippen MR) is 116 cm³/mol. The van der Waals surface area contributed by atoms with Crippen molar-refractivity contribution in [1.82, 2.24) is 10.2 Å². The Balaban J connectivity index is 1.58. The summed E-state index contributed by atoms with van der Waals surface area (Å²) in [6.45, 7) is 7.41. The number of nitrogens with zero attached hydrogens (tertiary/aromatic N) is 2. The molecule has 1 N–H and O–H groups in total. The molecule has 30 heavy (non-hydrogen) atoms. The van der Waals surface area contributed by atoms with Crippen molar-refractivity contribution in [3.63, 3.8) is 0 Å². The van der Waals surface area contributed by atoms with E-state index < -0.39 is 0 Å². The Kier molecular flexibility index (Phi) is 6.04. The fraction of sp³-hybridized carbons (Fsp3) is 0.375. The number of anilines is 1. The normalized spacial score (nSPS) is 20.8. The van der Waals surface area contributed by atoms with Crippen LogP contribution < -0.4 is 15.0 Å². The van der Waals surface area contributed by atoms with Crippen LogP contribution in [0.15, 0.2) is 55.1 Å². The second-order valence-electron chi connectivity index (χ2n) is 7.96. The van der Waals surface area contributed by atoms with Gasteiger partial charge in [-0.3, -0.25) is 9.69 Å². The quantitative estimate of drug-likeness (QED) is 0.745. The van der Waals surface area contributed by atoms with Crippen LogP contribution >= 0.6 is 0 Å². The Hall–Kier alpha value is -2.86. The first kappa shape index (κ1) is 20.4. The van der Waals surface area contributed by atoms with E-state index in [0.29, 0.717) is 13.0 Å². The zero-order valence-corrected chi connectivity index (χ0v) is 17.3. The monoisotopic (exact) mass is 409 g/mol. The third-order valence-corrected chi connectivity index (χ3v) is 6.09. The summed E-state index contributed by atoms with van der Waals surface area (Å²) in [6.07, 6.45) is 2.41. The molecular weight excluding hydrogens is 381 g/mol. The molecule has 158 valence electrons. The van der Waals surface area contributed by atoms with Crippen LogP contribution in [-0.4, -0.2) is 50.1 Å². The Labute approximate surface area is 177 Å². The first-order valence-corrected chi connectivity index (χ1v) is 10.4. The maximum absolute atomic E-state index is 13.2. The summed E-state index contributed by atoms with van der Waals surface area (Å²) in [6, 6.07) is 12.8. The van der Waals surface area contributed by atoms with E-state index in [1.165, 1.54) is 17.7 Å². The average Bonchev–Trinajstić information content (AvgIpc) is 2.78. The van der Waals surface area contributed by atoms with Gasteiger partial charge in [-0.05, 0) is 35.7 Å². The molecule has 5 nitrogen and oxygen atoms in total. The van der Waals surface area contributed by atoms with Crippen LogP contribution in [0.4, 0.5) is 10.1 Å². The minimum absolute atomic E-state index is 0.0648. The molecule has 1 amide bonds. The van der Waals surface area contributed by atoms with E-state index >= 15 is 0 Å². The van der Waals surface area contributed by atoms with Gasteiger partial charge in [-0.15, -0.1) is 6.58 Å². The average molecular weight is 410 g/mol. The third kappa shape index (κ3) is 4.19. The molecule has 0 bridgehead atoms. The van der Waals surface area contributed by atoms with Gasteiger partial charge in [0.25, 0.3) is 0 Å². The van der Waals surface area contributed by atoms with E-state index in [1.54, 1.807) is 13.2 Å². The predicted octanol–water partition coefficient (Wildman–Crippen LogP) is 3.00. The zero-order valence-electron chi connectivity index (χ0n) is 17.3. The van der Waals surface area contributed by atoms with Crippen molar-refractivity contribution in [3.8, 4) is 5.75 Å². The lowest BCUT2D eigenvalue weighted by Crippen LogP contribution is -2.60. The highest BCUT2D eigenvalue weighted by Crippen LogP contribution is 2.38. The van der Waals surface area contributed by atoms with Crippen LogP contribution in [0.2, 0.25) is 0 Å². The second-order valence-corrected chi connectivity index (χ2v) is 7.96. The lowest BCUT2D eigenvalue weighted by Gasteiger charge is -2.49. The maximum atomic E-state index is 13.2. The van der Waals surface area contributed by atoms with Gasteiger partial charge in [0, 0.05) is 44.5 Å². The lowest BCUT2D eigenvalue weighted by molar-refractivity contribution is -0.126. The van der Waals surface area contributed by atoms with Crippen molar-refractivity contribution < 1.29 is 13.9 Å². The highest BCUT2D eigenvalue weighted by atomic mass is 19.1. The molecule has 2 aromatic carbocycles. The first-order valence-electron chi connectivity index (χ1n) is 10.4. The minimum Gasteiger partial charge on any atom is -0.497 e. The largest absolute Gasteiger partial charge is 0.497 e. The van der Waals surface area contributed by atoms with Gasteiger partial charge in [0.15, 0.2) is 0 Å². The zero-order chi connectivity index (χ0) is 21.1. The number of rotatable bonds is 6. The molecule has 2 heterocycles. The Bertz CT molecular complexity index is 915. The van der Waals surface area contributed by atoms with Crippen LogP contribution in [0.1, 0.15) is 11.1 Å². The smallest absolute Gasteiger partial charge is 0.225 e. The van der Waals surface area contributed by atoms with E-state index in [-0.39, 0.29) is 23.7 Å². The van der Waals surface area contributed by atoms with Crippen LogP contribution in [-0.2, 0) is 17.8 Å². The van der Waals surface area contributed by atoms with E-state index in [2.05, 4.69) is 33.8 Å². The number of carbonyl (C=O) groups excluding carboxylic acids is 1. The molecule has 0 aromatic heterocycles. The fourth-order valence-corrected chi connectivity index (χ4v) is 4.56. The van der Waals surface area contributed by atoms with Gasteiger partial charge in [-0.25, -0.2) is 4.39 Å². The number of ether oxygens (including phenoxy) is 1. The molecule has 2 aliphatic rings. The molecule has 0 radical (unpaired) electrons.